The Kier molecular flexibility index (Phi) is 6.79. The molecule has 0 saturated carbocycles. The molecule has 1 aromatic rings. The predicted octanol–water partition coefficient (Wildman–Crippen LogP) is 2.51. The Balaban J connectivity index is 3.01. The van der Waals surface area contributed by atoms with Crippen molar-refractivity contribution >= 4 is 21.6 Å². The Morgan fingerprint density at radius 3 is 2.42 bits per heavy atom. The van der Waals surface area contributed by atoms with Gasteiger partial charge in [0.25, 0.3) is 0 Å². The number of sulfonamides is 1. The van der Waals surface area contributed by atoms with Crippen LogP contribution in [0.1, 0.15) is 26.2 Å². The van der Waals surface area contributed by atoms with Crippen LogP contribution in [-0.2, 0) is 10.0 Å². The summed E-state index contributed by atoms with van der Waals surface area (Å²) in [6.07, 6.45) is 2.12. The van der Waals surface area contributed by atoms with Gasteiger partial charge in [0.15, 0.2) is 0 Å². The second-order valence-corrected chi connectivity index (χ2v) is 6.58. The average molecular weight is 306 g/mol. The molecule has 0 aliphatic heterocycles. The minimum absolute atomic E-state index is 0.0271. The molecule has 0 aliphatic carbocycles. The molecule has 0 atom stereocenters. The number of benzene rings is 1. The molecule has 0 radical (unpaired) electrons. The van der Waals surface area contributed by atoms with Gasteiger partial charge in [-0.05, 0) is 25.0 Å². The summed E-state index contributed by atoms with van der Waals surface area (Å²) < 4.78 is 26.4. The summed E-state index contributed by atoms with van der Waals surface area (Å²) in [5.74, 6) is 0. The lowest BCUT2D eigenvalue weighted by Gasteiger charge is -2.22. The van der Waals surface area contributed by atoms with Crippen molar-refractivity contribution in [2.45, 2.75) is 31.1 Å². The van der Waals surface area contributed by atoms with E-state index in [0.717, 1.165) is 12.8 Å². The van der Waals surface area contributed by atoms with Gasteiger partial charge in [0.2, 0.25) is 10.0 Å². The molecule has 19 heavy (non-hydrogen) atoms. The normalized spacial score (nSPS) is 12.0. The second-order valence-electron chi connectivity index (χ2n) is 4.27. The van der Waals surface area contributed by atoms with E-state index < -0.39 is 10.0 Å². The highest BCUT2D eigenvalue weighted by Crippen LogP contribution is 2.24. The Bertz CT molecular complexity index is 482. The lowest BCUT2D eigenvalue weighted by Crippen LogP contribution is -2.33. The molecule has 0 amide bonds. The molecule has 0 aliphatic rings. The third-order valence-corrected chi connectivity index (χ3v) is 5.18. The molecule has 0 unspecified atom stereocenters. The third-order valence-electron chi connectivity index (χ3n) is 2.78. The molecule has 0 fully saturated rings. The minimum Gasteiger partial charge on any atom is -0.396 e. The van der Waals surface area contributed by atoms with Gasteiger partial charge in [0, 0.05) is 19.7 Å². The first-order valence-electron chi connectivity index (χ1n) is 6.39. The summed E-state index contributed by atoms with van der Waals surface area (Å²) in [7, 11) is -3.59. The van der Waals surface area contributed by atoms with Crippen molar-refractivity contribution in [2.24, 2.45) is 0 Å². The van der Waals surface area contributed by atoms with E-state index in [9.17, 15) is 8.42 Å². The van der Waals surface area contributed by atoms with Gasteiger partial charge in [0.1, 0.15) is 4.90 Å². The summed E-state index contributed by atoms with van der Waals surface area (Å²) in [5.41, 5.74) is 0. The second kappa shape index (κ2) is 7.85. The lowest BCUT2D eigenvalue weighted by atomic mass is 10.3. The largest absolute Gasteiger partial charge is 0.396 e. The van der Waals surface area contributed by atoms with Crippen LogP contribution in [0.15, 0.2) is 29.2 Å². The third kappa shape index (κ3) is 4.45. The van der Waals surface area contributed by atoms with Crippen LogP contribution in [0, 0.1) is 0 Å². The predicted molar refractivity (Wildman–Crippen MR) is 76.8 cm³/mol. The minimum atomic E-state index is -3.59. The number of hydrogen-bond acceptors (Lipinski definition) is 3. The molecular weight excluding hydrogens is 286 g/mol. The van der Waals surface area contributed by atoms with E-state index in [1.165, 1.54) is 10.4 Å². The summed E-state index contributed by atoms with van der Waals surface area (Å²) in [5, 5.41) is 9.11. The topological polar surface area (TPSA) is 57.6 Å². The fraction of sp³-hybridized carbons (Fsp3) is 0.538. The van der Waals surface area contributed by atoms with E-state index in [-0.39, 0.29) is 16.5 Å². The summed E-state index contributed by atoms with van der Waals surface area (Å²) >= 11 is 5.97. The van der Waals surface area contributed by atoms with E-state index >= 15 is 0 Å². The van der Waals surface area contributed by atoms with Crippen LogP contribution in [-0.4, -0.2) is 37.5 Å². The molecule has 0 spiro atoms. The van der Waals surface area contributed by atoms with Gasteiger partial charge in [0.05, 0.1) is 5.02 Å². The van der Waals surface area contributed by atoms with Gasteiger partial charge < -0.3 is 5.11 Å². The molecule has 1 rings (SSSR count). The molecule has 0 heterocycles. The van der Waals surface area contributed by atoms with Crippen LogP contribution in [0.3, 0.4) is 0 Å². The number of aliphatic hydroxyl groups is 1. The van der Waals surface area contributed by atoms with Crippen LogP contribution >= 0.6 is 11.6 Å². The van der Waals surface area contributed by atoms with Gasteiger partial charge in [-0.25, -0.2) is 8.42 Å². The fourth-order valence-electron chi connectivity index (χ4n) is 1.73. The van der Waals surface area contributed by atoms with Gasteiger partial charge >= 0.3 is 0 Å². The number of halogens is 1. The molecule has 0 aromatic heterocycles. The Labute approximate surface area is 120 Å². The smallest absolute Gasteiger partial charge is 0.244 e. The summed E-state index contributed by atoms with van der Waals surface area (Å²) in [6.45, 7) is 2.74. The van der Waals surface area contributed by atoms with Crippen molar-refractivity contribution in [2.75, 3.05) is 19.7 Å². The Morgan fingerprint density at radius 2 is 1.84 bits per heavy atom. The fourth-order valence-corrected chi connectivity index (χ4v) is 3.74. The van der Waals surface area contributed by atoms with Gasteiger partial charge in [-0.3, -0.25) is 0 Å². The van der Waals surface area contributed by atoms with Crippen LogP contribution < -0.4 is 0 Å². The van der Waals surface area contributed by atoms with Crippen LogP contribution in [0.5, 0.6) is 0 Å². The maximum Gasteiger partial charge on any atom is 0.244 e. The maximum atomic E-state index is 12.5. The zero-order valence-corrected chi connectivity index (χ0v) is 12.6. The van der Waals surface area contributed by atoms with Crippen LogP contribution in [0.25, 0.3) is 0 Å². The molecule has 1 N–H and O–H groups in total. The van der Waals surface area contributed by atoms with Crippen molar-refractivity contribution in [3.63, 3.8) is 0 Å². The number of nitrogens with zero attached hydrogens (tertiary/aromatic N) is 1. The highest BCUT2D eigenvalue weighted by molar-refractivity contribution is 7.89. The summed E-state index contributed by atoms with van der Waals surface area (Å²) in [6, 6.07) is 6.43. The standard InChI is InChI=1S/C13H20ClNO3S/c1-2-3-9-15(10-6-11-16)19(17,18)13-8-5-4-7-12(13)14/h4-5,7-8,16H,2-3,6,9-11H2,1H3. The van der Waals surface area contributed by atoms with E-state index in [1.807, 2.05) is 6.92 Å². The van der Waals surface area contributed by atoms with E-state index in [0.29, 0.717) is 19.5 Å². The quantitative estimate of drug-likeness (QED) is 0.803. The zero-order chi connectivity index (χ0) is 14.3. The lowest BCUT2D eigenvalue weighted by molar-refractivity contribution is 0.268. The van der Waals surface area contributed by atoms with Crippen LogP contribution in [0.2, 0.25) is 5.02 Å². The van der Waals surface area contributed by atoms with Gasteiger partial charge in [-0.1, -0.05) is 37.1 Å². The first-order valence-corrected chi connectivity index (χ1v) is 8.21. The highest BCUT2D eigenvalue weighted by atomic mass is 35.5. The monoisotopic (exact) mass is 305 g/mol. The first-order chi connectivity index (χ1) is 9.04. The maximum absolute atomic E-state index is 12.5. The first kappa shape index (κ1) is 16.4. The van der Waals surface area contributed by atoms with E-state index in [1.54, 1.807) is 18.2 Å². The van der Waals surface area contributed by atoms with E-state index in [2.05, 4.69) is 0 Å². The van der Waals surface area contributed by atoms with Crippen molar-refractivity contribution in [3.8, 4) is 0 Å². The molecule has 0 bridgehead atoms. The Morgan fingerprint density at radius 1 is 1.21 bits per heavy atom. The molecule has 6 heteroatoms. The Hall–Kier alpha value is -0.620. The zero-order valence-electron chi connectivity index (χ0n) is 11.0. The molecule has 4 nitrogen and oxygen atoms in total. The number of rotatable bonds is 8. The van der Waals surface area contributed by atoms with Gasteiger partial charge in [-0.2, -0.15) is 4.31 Å². The molecule has 108 valence electrons. The average Bonchev–Trinajstić information content (AvgIpc) is 2.39. The van der Waals surface area contributed by atoms with Crippen molar-refractivity contribution in [3.05, 3.63) is 29.3 Å². The summed E-state index contributed by atoms with van der Waals surface area (Å²) in [4.78, 5) is 0.130. The van der Waals surface area contributed by atoms with Crippen LogP contribution in [0.4, 0.5) is 0 Å². The highest BCUT2D eigenvalue weighted by Gasteiger charge is 2.25. The van der Waals surface area contributed by atoms with Crippen molar-refractivity contribution in [1.82, 2.24) is 4.31 Å². The number of unbranched alkanes of at least 4 members (excludes halogenated alkanes) is 1. The molecule has 0 saturated heterocycles. The van der Waals surface area contributed by atoms with Gasteiger partial charge in [-0.15, -0.1) is 0 Å². The van der Waals surface area contributed by atoms with E-state index in [4.69, 9.17) is 16.7 Å². The molecular formula is C13H20ClNO3S. The molecule has 1 aromatic carbocycles. The number of hydrogen-bond donors (Lipinski definition) is 1. The SMILES string of the molecule is CCCCN(CCCO)S(=O)(=O)c1ccccc1Cl. The van der Waals surface area contributed by atoms with Crippen molar-refractivity contribution in [1.29, 1.82) is 0 Å². The van der Waals surface area contributed by atoms with Crippen molar-refractivity contribution < 1.29 is 13.5 Å². The number of aliphatic hydroxyl groups excluding tert-OH is 1.